The smallest absolute Gasteiger partial charge is 0.326 e. The molecule has 0 aliphatic rings. The maximum atomic E-state index is 11.1. The number of amides is 1. The fraction of sp³-hybridized carbons (Fsp3) is 0.417. The molecule has 0 bridgehead atoms. The first kappa shape index (κ1) is 14.0. The molecular formula is C12H17N3O3. The van der Waals surface area contributed by atoms with Crippen molar-refractivity contribution in [1.82, 2.24) is 4.98 Å². The lowest BCUT2D eigenvalue weighted by molar-refractivity contribution is -0.138. The van der Waals surface area contributed by atoms with E-state index in [-0.39, 0.29) is 5.69 Å². The average molecular weight is 251 g/mol. The lowest BCUT2D eigenvalue weighted by Crippen LogP contribution is -2.29. The zero-order valence-corrected chi connectivity index (χ0v) is 10.2. The van der Waals surface area contributed by atoms with E-state index < -0.39 is 17.9 Å². The number of primary amides is 1. The number of anilines is 1. The maximum Gasteiger partial charge on any atom is 0.326 e. The van der Waals surface area contributed by atoms with E-state index in [2.05, 4.69) is 10.3 Å². The topological polar surface area (TPSA) is 105 Å². The van der Waals surface area contributed by atoms with Gasteiger partial charge in [0.2, 0.25) is 0 Å². The fourth-order valence-corrected chi connectivity index (χ4v) is 1.52. The first-order valence-electron chi connectivity index (χ1n) is 5.79. The number of nitrogens with one attached hydrogen (secondary N) is 1. The zero-order chi connectivity index (χ0) is 13.5. The van der Waals surface area contributed by atoms with Crippen LogP contribution in [0.5, 0.6) is 0 Å². The molecule has 1 atom stereocenters. The van der Waals surface area contributed by atoms with Crippen LogP contribution in [0.4, 0.5) is 5.69 Å². The SMILES string of the molecule is CCCC[C@H](Nc1ccnc(C(N)=O)c1)C(=O)O. The van der Waals surface area contributed by atoms with Crippen molar-refractivity contribution in [3.63, 3.8) is 0 Å². The Bertz CT molecular complexity index is 434. The highest BCUT2D eigenvalue weighted by atomic mass is 16.4. The third-order valence-corrected chi connectivity index (χ3v) is 2.50. The van der Waals surface area contributed by atoms with Crippen molar-refractivity contribution in [2.24, 2.45) is 5.73 Å². The minimum Gasteiger partial charge on any atom is -0.480 e. The van der Waals surface area contributed by atoms with Gasteiger partial charge in [-0.25, -0.2) is 4.79 Å². The largest absolute Gasteiger partial charge is 0.480 e. The second-order valence-electron chi connectivity index (χ2n) is 3.97. The van der Waals surface area contributed by atoms with E-state index in [0.29, 0.717) is 12.1 Å². The minimum absolute atomic E-state index is 0.111. The first-order valence-corrected chi connectivity index (χ1v) is 5.79. The Hall–Kier alpha value is -2.11. The number of carbonyl (C=O) groups excluding carboxylic acids is 1. The van der Waals surface area contributed by atoms with Crippen LogP contribution >= 0.6 is 0 Å². The number of unbranched alkanes of at least 4 members (excludes halogenated alkanes) is 1. The number of carboxylic acid groups (broad SMARTS) is 1. The molecule has 0 unspecified atom stereocenters. The van der Waals surface area contributed by atoms with Crippen LogP contribution in [-0.4, -0.2) is 28.0 Å². The highest BCUT2D eigenvalue weighted by molar-refractivity contribution is 5.91. The number of aromatic nitrogens is 1. The molecule has 6 nitrogen and oxygen atoms in total. The zero-order valence-electron chi connectivity index (χ0n) is 10.2. The summed E-state index contributed by atoms with van der Waals surface area (Å²) < 4.78 is 0. The van der Waals surface area contributed by atoms with Gasteiger partial charge in [-0.3, -0.25) is 9.78 Å². The Balaban J connectivity index is 2.77. The summed E-state index contributed by atoms with van der Waals surface area (Å²) in [6.07, 6.45) is 3.69. The molecule has 1 heterocycles. The van der Waals surface area contributed by atoms with Crippen LogP contribution in [0.25, 0.3) is 0 Å². The number of pyridine rings is 1. The van der Waals surface area contributed by atoms with Gasteiger partial charge in [-0.1, -0.05) is 19.8 Å². The Labute approximate surface area is 105 Å². The summed E-state index contributed by atoms with van der Waals surface area (Å²) in [6.45, 7) is 2.00. The predicted molar refractivity (Wildman–Crippen MR) is 67.3 cm³/mol. The van der Waals surface area contributed by atoms with E-state index in [9.17, 15) is 9.59 Å². The second-order valence-corrected chi connectivity index (χ2v) is 3.97. The molecule has 0 aliphatic heterocycles. The van der Waals surface area contributed by atoms with Crippen molar-refractivity contribution >= 4 is 17.6 Å². The van der Waals surface area contributed by atoms with Crippen molar-refractivity contribution in [1.29, 1.82) is 0 Å². The van der Waals surface area contributed by atoms with Crippen LogP contribution in [0, 0.1) is 0 Å². The van der Waals surface area contributed by atoms with E-state index in [0.717, 1.165) is 12.8 Å². The van der Waals surface area contributed by atoms with E-state index in [1.807, 2.05) is 6.92 Å². The molecule has 0 aliphatic carbocycles. The summed E-state index contributed by atoms with van der Waals surface area (Å²) in [7, 11) is 0. The van der Waals surface area contributed by atoms with Crippen LogP contribution in [0.2, 0.25) is 0 Å². The molecule has 6 heteroatoms. The Morgan fingerprint density at radius 2 is 2.28 bits per heavy atom. The van der Waals surface area contributed by atoms with Gasteiger partial charge in [0, 0.05) is 11.9 Å². The molecule has 0 spiro atoms. The number of nitrogens with two attached hydrogens (primary N) is 1. The Kier molecular flexibility index (Phi) is 5.10. The van der Waals surface area contributed by atoms with Gasteiger partial charge >= 0.3 is 5.97 Å². The first-order chi connectivity index (χ1) is 8.54. The van der Waals surface area contributed by atoms with Gasteiger partial charge < -0.3 is 16.2 Å². The van der Waals surface area contributed by atoms with Gasteiger partial charge in [-0.2, -0.15) is 0 Å². The molecule has 1 aromatic rings. The monoisotopic (exact) mass is 251 g/mol. The third kappa shape index (κ3) is 4.04. The number of nitrogens with zero attached hydrogens (tertiary/aromatic N) is 1. The molecule has 4 N–H and O–H groups in total. The van der Waals surface area contributed by atoms with Gasteiger partial charge in [0.05, 0.1) is 0 Å². The second kappa shape index (κ2) is 6.58. The summed E-state index contributed by atoms with van der Waals surface area (Å²) in [5, 5.41) is 11.9. The number of rotatable bonds is 7. The Morgan fingerprint density at radius 1 is 1.56 bits per heavy atom. The van der Waals surface area contributed by atoms with E-state index in [1.54, 1.807) is 6.07 Å². The number of carboxylic acids is 1. The summed E-state index contributed by atoms with van der Waals surface area (Å²) >= 11 is 0. The van der Waals surface area contributed by atoms with Crippen LogP contribution < -0.4 is 11.1 Å². The molecule has 0 fully saturated rings. The van der Waals surface area contributed by atoms with E-state index >= 15 is 0 Å². The normalized spacial score (nSPS) is 11.8. The van der Waals surface area contributed by atoms with Crippen molar-refractivity contribution in [3.05, 3.63) is 24.0 Å². The average Bonchev–Trinajstić information content (AvgIpc) is 2.34. The fourth-order valence-electron chi connectivity index (χ4n) is 1.52. The number of aliphatic carboxylic acids is 1. The van der Waals surface area contributed by atoms with Crippen molar-refractivity contribution in [3.8, 4) is 0 Å². The van der Waals surface area contributed by atoms with Gasteiger partial charge in [0.25, 0.3) is 5.91 Å². The van der Waals surface area contributed by atoms with Crippen LogP contribution in [-0.2, 0) is 4.79 Å². The summed E-state index contributed by atoms with van der Waals surface area (Å²) in [5.74, 6) is -1.56. The number of hydrogen-bond donors (Lipinski definition) is 3. The standard InChI is InChI=1S/C12H17N3O3/c1-2-3-4-9(12(17)18)15-8-5-6-14-10(7-8)11(13)16/h5-7,9H,2-4H2,1H3,(H2,13,16)(H,14,15)(H,17,18)/t9-/m0/s1. The molecule has 18 heavy (non-hydrogen) atoms. The molecule has 1 aromatic heterocycles. The van der Waals surface area contributed by atoms with Gasteiger partial charge in [0.15, 0.2) is 0 Å². The molecule has 0 aromatic carbocycles. The van der Waals surface area contributed by atoms with Gasteiger partial charge in [-0.05, 0) is 18.6 Å². The Morgan fingerprint density at radius 3 is 2.83 bits per heavy atom. The third-order valence-electron chi connectivity index (χ3n) is 2.50. The molecular weight excluding hydrogens is 234 g/mol. The minimum atomic E-state index is -0.916. The van der Waals surface area contributed by atoms with Crippen molar-refractivity contribution in [2.75, 3.05) is 5.32 Å². The van der Waals surface area contributed by atoms with Crippen molar-refractivity contribution < 1.29 is 14.7 Å². The molecule has 0 saturated heterocycles. The highest BCUT2D eigenvalue weighted by Crippen LogP contribution is 2.12. The van der Waals surface area contributed by atoms with E-state index in [1.165, 1.54) is 12.3 Å². The molecule has 1 rings (SSSR count). The van der Waals surface area contributed by atoms with Crippen molar-refractivity contribution in [2.45, 2.75) is 32.2 Å². The van der Waals surface area contributed by atoms with Gasteiger partial charge in [-0.15, -0.1) is 0 Å². The lowest BCUT2D eigenvalue weighted by Gasteiger charge is -2.15. The summed E-state index contributed by atoms with van der Waals surface area (Å²) in [6, 6.07) is 2.38. The van der Waals surface area contributed by atoms with Gasteiger partial charge in [0.1, 0.15) is 11.7 Å². The summed E-state index contributed by atoms with van der Waals surface area (Å²) in [4.78, 5) is 25.8. The number of hydrogen-bond acceptors (Lipinski definition) is 4. The lowest BCUT2D eigenvalue weighted by atomic mass is 10.1. The van der Waals surface area contributed by atoms with E-state index in [4.69, 9.17) is 10.8 Å². The predicted octanol–water partition coefficient (Wildman–Crippen LogP) is 1.24. The molecule has 0 saturated carbocycles. The maximum absolute atomic E-state index is 11.1. The molecule has 98 valence electrons. The highest BCUT2D eigenvalue weighted by Gasteiger charge is 2.16. The van der Waals surface area contributed by atoms with Crippen LogP contribution in [0.15, 0.2) is 18.3 Å². The quantitative estimate of drug-likeness (QED) is 0.676. The molecule has 0 radical (unpaired) electrons. The van der Waals surface area contributed by atoms with Crippen LogP contribution in [0.3, 0.4) is 0 Å². The molecule has 1 amide bonds. The number of carbonyl (C=O) groups is 2. The van der Waals surface area contributed by atoms with Crippen LogP contribution in [0.1, 0.15) is 36.7 Å². The summed E-state index contributed by atoms with van der Waals surface area (Å²) in [5.41, 5.74) is 5.75.